The van der Waals surface area contributed by atoms with Crippen LogP contribution in [0.5, 0.6) is 0 Å². The Morgan fingerprint density at radius 2 is 1.92 bits per heavy atom. The van der Waals surface area contributed by atoms with Crippen molar-refractivity contribution in [3.63, 3.8) is 0 Å². The SMILES string of the molecule is [Ac].[Ac].[Ac].[N-]=[N+]=N[C@@H]1C(O)[C@@H](O)C(CO)O[C@H]1ON1C(=O)CC[C@@H]1O. The molecule has 2 heterocycles. The van der Waals surface area contributed by atoms with Gasteiger partial charge in [-0.1, -0.05) is 5.11 Å². The predicted molar refractivity (Wildman–Crippen MR) is 63.9 cm³/mol. The van der Waals surface area contributed by atoms with Crippen LogP contribution >= 0.6 is 0 Å². The molecule has 127 valence electrons. The largest absolute Gasteiger partial charge is 0.394 e. The van der Waals surface area contributed by atoms with Gasteiger partial charge in [0.15, 0.2) is 12.5 Å². The molecule has 2 aliphatic heterocycles. The molecule has 2 fully saturated rings. The second kappa shape index (κ2) is 13.9. The van der Waals surface area contributed by atoms with Crippen LogP contribution in [-0.4, -0.2) is 74.9 Å². The van der Waals surface area contributed by atoms with Gasteiger partial charge in [-0.2, -0.15) is 5.06 Å². The first-order chi connectivity index (χ1) is 9.99. The van der Waals surface area contributed by atoms with Crippen LogP contribution in [0.25, 0.3) is 10.4 Å². The molecule has 0 aromatic rings. The minimum Gasteiger partial charge on any atom is -0.394 e. The molecule has 6 atom stereocenters. The number of hydrogen-bond donors (Lipinski definition) is 4. The molecule has 2 aliphatic rings. The Labute approximate surface area is 245 Å². The zero-order valence-corrected chi connectivity index (χ0v) is 26.9. The van der Waals surface area contributed by atoms with Gasteiger partial charge < -0.3 is 25.2 Å². The molecule has 3 radical (unpaired) electrons. The number of hydrogen-bond acceptors (Lipinski definition) is 8. The maximum atomic E-state index is 11.5. The van der Waals surface area contributed by atoms with Crippen LogP contribution in [0, 0.1) is 132 Å². The van der Waals surface area contributed by atoms with E-state index in [1.165, 1.54) is 0 Å². The van der Waals surface area contributed by atoms with Crippen LogP contribution < -0.4 is 0 Å². The van der Waals surface area contributed by atoms with Crippen LogP contribution in [0.15, 0.2) is 5.11 Å². The molecule has 0 bridgehead atoms. The Morgan fingerprint density at radius 3 is 2.38 bits per heavy atom. The van der Waals surface area contributed by atoms with Gasteiger partial charge in [0.2, 0.25) is 5.91 Å². The number of azide groups is 1. The summed E-state index contributed by atoms with van der Waals surface area (Å²) in [6.07, 6.45) is -6.56. The van der Waals surface area contributed by atoms with Crippen molar-refractivity contribution in [2.24, 2.45) is 5.11 Å². The molecule has 2 saturated heterocycles. The van der Waals surface area contributed by atoms with Gasteiger partial charge in [-0.15, -0.1) is 0 Å². The number of aliphatic hydroxyl groups is 4. The number of aliphatic hydroxyl groups excluding tert-OH is 4. The third-order valence-corrected chi connectivity index (χ3v) is 3.38. The van der Waals surface area contributed by atoms with Gasteiger partial charge in [0.25, 0.3) is 0 Å². The van der Waals surface area contributed by atoms with E-state index in [0.29, 0.717) is 5.06 Å². The number of carbonyl (C=O) groups is 1. The molecule has 0 aromatic heterocycles. The Hall–Kier alpha value is 2.86. The molecule has 2 rings (SSSR count). The van der Waals surface area contributed by atoms with E-state index in [1.54, 1.807) is 0 Å². The van der Waals surface area contributed by atoms with Gasteiger partial charge in [-0.3, -0.25) is 4.79 Å². The molecule has 14 heteroatoms. The number of hydroxylamine groups is 2. The average Bonchev–Trinajstić information content (AvgIpc) is 2.78. The quantitative estimate of drug-likeness (QED) is 0.143. The number of ether oxygens (including phenoxy) is 1. The van der Waals surface area contributed by atoms with Gasteiger partial charge in [0.1, 0.15) is 18.2 Å². The molecular weight excluding hydrogens is 969 g/mol. The van der Waals surface area contributed by atoms with Crippen molar-refractivity contribution in [3.05, 3.63) is 10.4 Å². The van der Waals surface area contributed by atoms with Crippen molar-refractivity contribution < 1.29 is 167 Å². The minimum absolute atomic E-state index is 0. The van der Waals surface area contributed by atoms with Gasteiger partial charge in [-0.05, 0) is 5.53 Å². The molecule has 11 nitrogen and oxygen atoms in total. The summed E-state index contributed by atoms with van der Waals surface area (Å²) in [6.45, 7) is -0.614. The van der Waals surface area contributed by atoms with Gasteiger partial charge in [0.05, 0.1) is 12.7 Å². The number of carbonyl (C=O) groups excluding carboxylic acids is 1. The first-order valence-corrected chi connectivity index (χ1v) is 6.33. The molecule has 24 heavy (non-hydrogen) atoms. The van der Waals surface area contributed by atoms with Gasteiger partial charge in [-0.25, -0.2) is 4.84 Å². The van der Waals surface area contributed by atoms with Gasteiger partial charge in [0, 0.05) is 150 Å². The zero-order valence-electron chi connectivity index (χ0n) is 12.6. The molecule has 4 N–H and O–H groups in total. The van der Waals surface area contributed by atoms with E-state index in [0.717, 1.165) is 0 Å². The monoisotopic (exact) mass is 985 g/mol. The van der Waals surface area contributed by atoms with Crippen LogP contribution in [0.3, 0.4) is 0 Å². The maximum absolute atomic E-state index is 11.5. The van der Waals surface area contributed by atoms with Crippen LogP contribution in [0.4, 0.5) is 0 Å². The normalized spacial score (nSPS) is 35.2. The molecule has 0 aromatic carbocycles. The summed E-state index contributed by atoms with van der Waals surface area (Å²) < 4.78 is 5.19. The maximum Gasteiger partial charge on any atom is 0.248 e. The second-order valence-corrected chi connectivity index (χ2v) is 4.75. The summed E-state index contributed by atoms with van der Waals surface area (Å²) in [4.78, 5) is 19.2. The predicted octanol–water partition coefficient (Wildman–Crippen LogP) is -2.02. The summed E-state index contributed by atoms with van der Waals surface area (Å²) in [5.41, 5.74) is 8.50. The summed E-state index contributed by atoms with van der Waals surface area (Å²) in [7, 11) is 0. The molecule has 2 unspecified atom stereocenters. The topological polar surface area (TPSA) is 168 Å². The minimum atomic E-state index is -1.55. The third kappa shape index (κ3) is 7.04. The van der Waals surface area contributed by atoms with Crippen molar-refractivity contribution >= 4 is 5.91 Å². The van der Waals surface area contributed by atoms with E-state index in [9.17, 15) is 20.1 Å². The van der Waals surface area contributed by atoms with E-state index >= 15 is 0 Å². The third-order valence-electron chi connectivity index (χ3n) is 3.38. The van der Waals surface area contributed by atoms with Crippen LogP contribution in [0.1, 0.15) is 12.8 Å². The molecule has 0 saturated carbocycles. The van der Waals surface area contributed by atoms with Crippen LogP contribution in [-0.2, 0) is 14.4 Å². The number of rotatable bonds is 4. The number of amides is 1. The van der Waals surface area contributed by atoms with Crippen molar-refractivity contribution in [2.75, 3.05) is 6.61 Å². The van der Waals surface area contributed by atoms with E-state index < -0.39 is 49.4 Å². The second-order valence-electron chi connectivity index (χ2n) is 4.75. The number of nitrogens with zero attached hydrogens (tertiary/aromatic N) is 4. The molecule has 1 amide bonds. The first-order valence-electron chi connectivity index (χ1n) is 6.33. The first kappa shape index (κ1) is 29.1. The molecule has 0 aliphatic carbocycles. The van der Waals surface area contributed by atoms with E-state index in [4.69, 9.17) is 20.2 Å². The fourth-order valence-electron chi connectivity index (χ4n) is 2.22. The van der Waals surface area contributed by atoms with Crippen molar-refractivity contribution in [1.29, 1.82) is 0 Å². The van der Waals surface area contributed by atoms with Crippen molar-refractivity contribution in [1.82, 2.24) is 5.06 Å². The molecule has 0 spiro atoms. The smallest absolute Gasteiger partial charge is 0.248 e. The fourth-order valence-corrected chi connectivity index (χ4v) is 2.22. The standard InChI is InChI=1S/C10H16N4O7.3Ac/c11-13-12-7-9(19)8(18)4(3-15)20-10(7)21-14-5(16)1-2-6(14)17;;;/h4-5,7-10,15-16,18-19H,1-3H2;;;/t4?,5-,7+,8-,9?,10-;;;/m0.../s1. The zero-order chi connectivity index (χ0) is 15.6. The Bertz CT molecular complexity index is 456. The summed E-state index contributed by atoms with van der Waals surface area (Å²) in [5.74, 6) is -0.494. The Kier molecular flexibility index (Phi) is 16.9. The van der Waals surface area contributed by atoms with E-state index in [2.05, 4.69) is 10.0 Å². The molecular formula is C10H16Ac3N4O7. The Balaban J connectivity index is 0. The average molecular weight is 985 g/mol. The summed E-state index contributed by atoms with van der Waals surface area (Å²) in [5, 5.41) is 42.3. The Morgan fingerprint density at radius 1 is 1.29 bits per heavy atom. The summed E-state index contributed by atoms with van der Waals surface area (Å²) >= 11 is 0. The van der Waals surface area contributed by atoms with E-state index in [1.807, 2.05) is 0 Å². The van der Waals surface area contributed by atoms with Crippen molar-refractivity contribution in [2.45, 2.75) is 49.7 Å². The van der Waals surface area contributed by atoms with E-state index in [-0.39, 0.29) is 145 Å². The van der Waals surface area contributed by atoms with Crippen LogP contribution in [0.2, 0.25) is 0 Å². The van der Waals surface area contributed by atoms with Crippen molar-refractivity contribution in [3.8, 4) is 0 Å². The van der Waals surface area contributed by atoms with Gasteiger partial charge >= 0.3 is 0 Å². The summed E-state index contributed by atoms with van der Waals surface area (Å²) in [6, 6.07) is -1.34. The fraction of sp³-hybridized carbons (Fsp3) is 0.900.